The second-order valence-electron chi connectivity index (χ2n) is 8.93. The van der Waals surface area contributed by atoms with Crippen LogP contribution in [0.15, 0.2) is 124 Å². The summed E-state index contributed by atoms with van der Waals surface area (Å²) in [4.78, 5) is 27.9. The number of non-ortho nitro benzene ring substituents is 1. The van der Waals surface area contributed by atoms with E-state index in [0.717, 1.165) is 26.9 Å². The molecule has 40 heavy (non-hydrogen) atoms. The first-order chi connectivity index (χ1) is 19.6. The first kappa shape index (κ1) is 25.1. The lowest BCUT2D eigenvalue weighted by Gasteiger charge is -2.31. The Morgan fingerprint density at radius 2 is 1.52 bits per heavy atom. The molecule has 0 spiro atoms. The maximum atomic E-state index is 13.0. The Hall–Kier alpha value is -5.22. The minimum Gasteiger partial charge on any atom is -0.330 e. The number of hydrogen-bond donors (Lipinski definition) is 1. The van der Waals surface area contributed by atoms with E-state index in [9.17, 15) is 14.9 Å². The van der Waals surface area contributed by atoms with Gasteiger partial charge in [0.15, 0.2) is 0 Å². The highest BCUT2D eigenvalue weighted by atomic mass is 32.2. The predicted octanol–water partition coefficient (Wildman–Crippen LogP) is 6.20. The molecule has 0 bridgehead atoms. The zero-order chi connectivity index (χ0) is 27.5. The molecule has 6 rings (SSSR count). The van der Waals surface area contributed by atoms with Crippen LogP contribution >= 0.6 is 11.8 Å². The van der Waals surface area contributed by atoms with Crippen molar-refractivity contribution in [2.45, 2.75) is 9.79 Å². The highest BCUT2D eigenvalue weighted by Crippen LogP contribution is 2.47. The zero-order valence-corrected chi connectivity index (χ0v) is 21.9. The van der Waals surface area contributed by atoms with Crippen LogP contribution in [0.3, 0.4) is 0 Å². The van der Waals surface area contributed by atoms with Gasteiger partial charge in [-0.2, -0.15) is 10.2 Å². The second kappa shape index (κ2) is 10.9. The molecular weight excluding hydrogens is 524 g/mol. The van der Waals surface area contributed by atoms with Crippen molar-refractivity contribution in [2.24, 2.45) is 5.10 Å². The van der Waals surface area contributed by atoms with Gasteiger partial charge in [0.05, 0.1) is 28.2 Å². The van der Waals surface area contributed by atoms with Crippen LogP contribution in [0.4, 0.5) is 17.1 Å². The number of aromatic nitrogens is 2. The lowest BCUT2D eigenvalue weighted by Crippen LogP contribution is -2.33. The Labute approximate surface area is 233 Å². The fraction of sp³-hybridized carbons (Fsp3) is 0.0333. The van der Waals surface area contributed by atoms with Gasteiger partial charge in [0.2, 0.25) is 0 Å². The summed E-state index contributed by atoms with van der Waals surface area (Å²) < 4.78 is 1.71. The smallest absolute Gasteiger partial charge is 0.269 e. The highest BCUT2D eigenvalue weighted by molar-refractivity contribution is 7.99. The number of carbonyl (C=O) groups excluding carboxylic acids is 1. The van der Waals surface area contributed by atoms with Crippen LogP contribution in [-0.2, 0) is 4.79 Å². The number of amides is 1. The van der Waals surface area contributed by atoms with Gasteiger partial charge in [0.1, 0.15) is 12.2 Å². The molecule has 0 atom stereocenters. The van der Waals surface area contributed by atoms with Crippen molar-refractivity contribution in [1.29, 1.82) is 0 Å². The van der Waals surface area contributed by atoms with Gasteiger partial charge in [0.25, 0.3) is 11.6 Å². The molecule has 0 unspecified atom stereocenters. The summed E-state index contributed by atoms with van der Waals surface area (Å²) in [6.45, 7) is 0.0877. The van der Waals surface area contributed by atoms with E-state index >= 15 is 0 Å². The summed E-state index contributed by atoms with van der Waals surface area (Å²) in [7, 11) is 0. The van der Waals surface area contributed by atoms with Gasteiger partial charge in [-0.05, 0) is 48.5 Å². The minimum atomic E-state index is -0.442. The monoisotopic (exact) mass is 546 g/mol. The van der Waals surface area contributed by atoms with Crippen molar-refractivity contribution >= 4 is 40.9 Å². The summed E-state index contributed by atoms with van der Waals surface area (Å²) >= 11 is 1.68. The number of hydrazone groups is 1. The lowest BCUT2D eigenvalue weighted by atomic mass is 10.1. The fourth-order valence-corrected chi connectivity index (χ4v) is 5.56. The van der Waals surface area contributed by atoms with Gasteiger partial charge in [-0.25, -0.2) is 10.1 Å². The normalized spacial score (nSPS) is 12.2. The minimum absolute atomic E-state index is 0.00650. The third kappa shape index (κ3) is 5.07. The topological polar surface area (TPSA) is 106 Å². The summed E-state index contributed by atoms with van der Waals surface area (Å²) in [5.41, 5.74) is 7.32. The van der Waals surface area contributed by atoms with E-state index in [1.54, 1.807) is 34.8 Å². The van der Waals surface area contributed by atoms with Crippen molar-refractivity contribution in [3.8, 4) is 16.9 Å². The number of rotatable bonds is 7. The predicted molar refractivity (Wildman–Crippen MR) is 155 cm³/mol. The Kier molecular flexibility index (Phi) is 6.82. The third-order valence-electron chi connectivity index (χ3n) is 6.34. The molecule has 4 aromatic carbocycles. The SMILES string of the molecule is O=C(CN1c2ccccc2Sc2ccccc21)N/N=C\c1cn(-c2ccccc2)nc1-c1ccc([N+](=O)[O-])cc1. The highest BCUT2D eigenvalue weighted by Gasteiger charge is 2.24. The number of nitro benzene ring substituents is 1. The molecule has 1 amide bonds. The number of anilines is 2. The van der Waals surface area contributed by atoms with Crippen LogP contribution in [0.2, 0.25) is 0 Å². The molecule has 1 aliphatic heterocycles. The molecule has 1 N–H and O–H groups in total. The number of carbonyl (C=O) groups is 1. The average molecular weight is 547 g/mol. The summed E-state index contributed by atoms with van der Waals surface area (Å²) in [6, 6.07) is 31.7. The molecule has 2 heterocycles. The van der Waals surface area contributed by atoms with E-state index in [0.29, 0.717) is 16.8 Å². The molecule has 1 aliphatic rings. The maximum Gasteiger partial charge on any atom is 0.269 e. The van der Waals surface area contributed by atoms with Crippen molar-refractivity contribution in [1.82, 2.24) is 15.2 Å². The molecule has 0 fully saturated rings. The Bertz CT molecular complexity index is 1690. The molecule has 0 aliphatic carbocycles. The maximum absolute atomic E-state index is 13.0. The van der Waals surface area contributed by atoms with E-state index in [4.69, 9.17) is 5.10 Å². The summed E-state index contributed by atoms with van der Waals surface area (Å²) in [5.74, 6) is -0.278. The molecule has 10 heteroatoms. The standard InChI is InChI=1S/C30H22N6O3S/c37-29(20-34-25-10-4-6-12-27(25)40-28-13-7-5-11-26(28)34)32-31-18-22-19-35(23-8-2-1-3-9-23)33-30(22)21-14-16-24(17-15-21)36(38)39/h1-19H,20H2,(H,32,37)/b31-18-. The van der Waals surface area contributed by atoms with Gasteiger partial charge in [0, 0.05) is 39.2 Å². The fourth-order valence-electron chi connectivity index (χ4n) is 4.46. The first-order valence-corrected chi connectivity index (χ1v) is 13.2. The van der Waals surface area contributed by atoms with Crippen LogP contribution in [0, 0.1) is 10.1 Å². The van der Waals surface area contributed by atoms with Crippen LogP contribution in [0.25, 0.3) is 16.9 Å². The lowest BCUT2D eigenvalue weighted by molar-refractivity contribution is -0.384. The Balaban J connectivity index is 1.25. The number of hydrogen-bond acceptors (Lipinski definition) is 7. The molecule has 1 aromatic heterocycles. The largest absolute Gasteiger partial charge is 0.330 e. The number of benzene rings is 4. The second-order valence-corrected chi connectivity index (χ2v) is 10.0. The molecule has 9 nitrogen and oxygen atoms in total. The van der Waals surface area contributed by atoms with E-state index in [2.05, 4.69) is 10.5 Å². The van der Waals surface area contributed by atoms with Crippen LogP contribution in [0.1, 0.15) is 5.56 Å². The molecular formula is C30H22N6O3S. The number of fused-ring (bicyclic) bond motifs is 2. The van der Waals surface area contributed by atoms with Crippen molar-refractivity contribution in [3.05, 3.63) is 125 Å². The van der Waals surface area contributed by atoms with Crippen LogP contribution in [0.5, 0.6) is 0 Å². The third-order valence-corrected chi connectivity index (χ3v) is 7.47. The summed E-state index contributed by atoms with van der Waals surface area (Å²) in [6.07, 6.45) is 3.34. The van der Waals surface area contributed by atoms with E-state index in [-0.39, 0.29) is 18.1 Å². The molecule has 0 saturated heterocycles. The number of nitrogens with zero attached hydrogens (tertiary/aromatic N) is 5. The van der Waals surface area contributed by atoms with Crippen molar-refractivity contribution in [2.75, 3.05) is 11.4 Å². The molecule has 0 radical (unpaired) electrons. The van der Waals surface area contributed by atoms with Gasteiger partial charge in [-0.3, -0.25) is 14.9 Å². The number of nitrogens with one attached hydrogen (secondary N) is 1. The van der Waals surface area contributed by atoms with E-state index < -0.39 is 4.92 Å². The summed E-state index contributed by atoms with van der Waals surface area (Å²) in [5, 5.41) is 20.0. The average Bonchev–Trinajstić information content (AvgIpc) is 3.41. The van der Waals surface area contributed by atoms with Crippen molar-refractivity contribution < 1.29 is 9.72 Å². The molecule has 196 valence electrons. The van der Waals surface area contributed by atoms with Gasteiger partial charge in [-0.15, -0.1) is 0 Å². The Morgan fingerprint density at radius 3 is 2.17 bits per heavy atom. The van der Waals surface area contributed by atoms with Gasteiger partial charge < -0.3 is 4.90 Å². The quantitative estimate of drug-likeness (QED) is 0.148. The first-order valence-electron chi connectivity index (χ1n) is 12.4. The van der Waals surface area contributed by atoms with Crippen molar-refractivity contribution in [3.63, 3.8) is 0 Å². The van der Waals surface area contributed by atoms with Gasteiger partial charge in [-0.1, -0.05) is 54.2 Å². The molecule has 0 saturated carbocycles. The zero-order valence-electron chi connectivity index (χ0n) is 21.0. The van der Waals surface area contributed by atoms with E-state index in [1.807, 2.05) is 83.8 Å². The van der Waals surface area contributed by atoms with Crippen LogP contribution in [-0.4, -0.2) is 33.4 Å². The van der Waals surface area contributed by atoms with Crippen LogP contribution < -0.4 is 10.3 Å². The van der Waals surface area contributed by atoms with Gasteiger partial charge >= 0.3 is 0 Å². The number of para-hydroxylation sites is 3. The Morgan fingerprint density at radius 1 is 0.900 bits per heavy atom. The van der Waals surface area contributed by atoms with E-state index in [1.165, 1.54) is 18.3 Å². The molecule has 5 aromatic rings. The number of nitro groups is 1.